The van der Waals surface area contributed by atoms with Crippen molar-refractivity contribution in [2.45, 2.75) is 13.3 Å². The molecular formula is C10H17N3S. The molecule has 0 bridgehead atoms. The van der Waals surface area contributed by atoms with Crippen molar-refractivity contribution in [2.75, 3.05) is 20.1 Å². The van der Waals surface area contributed by atoms with Crippen LogP contribution in [0.25, 0.3) is 0 Å². The fourth-order valence-corrected chi connectivity index (χ4v) is 1.86. The lowest BCUT2D eigenvalue weighted by Gasteiger charge is -2.08. The number of nitrogens with one attached hydrogen (secondary N) is 2. The van der Waals surface area contributed by atoms with Crippen LogP contribution in [0.4, 0.5) is 0 Å². The Morgan fingerprint density at radius 3 is 2.93 bits per heavy atom. The van der Waals surface area contributed by atoms with Crippen molar-refractivity contribution >= 4 is 17.3 Å². The highest BCUT2D eigenvalue weighted by Gasteiger charge is 1.96. The van der Waals surface area contributed by atoms with Crippen molar-refractivity contribution in [2.24, 2.45) is 4.99 Å². The standard InChI is InChI=1S/C10H17N3S/c1-3-12-10(11-2)13-7-6-9-5-4-8-14-9/h4-5,8H,3,6-7H2,1-2H3,(H2,11,12,13). The van der Waals surface area contributed by atoms with Crippen LogP contribution in [0.5, 0.6) is 0 Å². The van der Waals surface area contributed by atoms with E-state index in [1.54, 1.807) is 18.4 Å². The van der Waals surface area contributed by atoms with Gasteiger partial charge in [-0.1, -0.05) is 6.07 Å². The van der Waals surface area contributed by atoms with Gasteiger partial charge in [-0.05, 0) is 24.8 Å². The van der Waals surface area contributed by atoms with Crippen LogP contribution in [0.1, 0.15) is 11.8 Å². The zero-order valence-corrected chi connectivity index (χ0v) is 9.53. The molecule has 0 spiro atoms. The third-order valence-corrected chi connectivity index (χ3v) is 2.75. The van der Waals surface area contributed by atoms with E-state index >= 15 is 0 Å². The Morgan fingerprint density at radius 2 is 2.36 bits per heavy atom. The van der Waals surface area contributed by atoms with E-state index in [-0.39, 0.29) is 0 Å². The van der Waals surface area contributed by atoms with Gasteiger partial charge in [0.2, 0.25) is 0 Å². The highest BCUT2D eigenvalue weighted by atomic mass is 32.1. The SMILES string of the molecule is CCNC(=NC)NCCc1cccs1. The van der Waals surface area contributed by atoms with Crippen LogP contribution in [0.3, 0.4) is 0 Å². The zero-order chi connectivity index (χ0) is 10.2. The van der Waals surface area contributed by atoms with Gasteiger partial charge in [0.25, 0.3) is 0 Å². The zero-order valence-electron chi connectivity index (χ0n) is 8.71. The third-order valence-electron chi connectivity index (χ3n) is 1.81. The van der Waals surface area contributed by atoms with Gasteiger partial charge in [0, 0.05) is 25.0 Å². The molecule has 14 heavy (non-hydrogen) atoms. The number of aliphatic imine (C=N–C) groups is 1. The van der Waals surface area contributed by atoms with E-state index < -0.39 is 0 Å². The molecule has 0 saturated carbocycles. The summed E-state index contributed by atoms with van der Waals surface area (Å²) in [6, 6.07) is 4.24. The lowest BCUT2D eigenvalue weighted by atomic mass is 10.3. The molecule has 1 rings (SSSR count). The van der Waals surface area contributed by atoms with Gasteiger partial charge >= 0.3 is 0 Å². The number of thiophene rings is 1. The van der Waals surface area contributed by atoms with Gasteiger partial charge in [-0.25, -0.2) is 0 Å². The average molecular weight is 211 g/mol. The molecule has 0 amide bonds. The van der Waals surface area contributed by atoms with Gasteiger partial charge in [-0.3, -0.25) is 4.99 Å². The first kappa shape index (κ1) is 11.0. The summed E-state index contributed by atoms with van der Waals surface area (Å²) in [5.41, 5.74) is 0. The fraction of sp³-hybridized carbons (Fsp3) is 0.500. The van der Waals surface area contributed by atoms with E-state index in [1.165, 1.54) is 4.88 Å². The number of hydrogen-bond donors (Lipinski definition) is 2. The van der Waals surface area contributed by atoms with Crippen LogP contribution in [0.2, 0.25) is 0 Å². The maximum Gasteiger partial charge on any atom is 0.190 e. The van der Waals surface area contributed by atoms with Crippen LogP contribution >= 0.6 is 11.3 Å². The van der Waals surface area contributed by atoms with Gasteiger partial charge in [-0.2, -0.15) is 0 Å². The Bertz CT molecular complexity index is 267. The number of nitrogens with zero attached hydrogens (tertiary/aromatic N) is 1. The summed E-state index contributed by atoms with van der Waals surface area (Å²) in [6.45, 7) is 3.89. The summed E-state index contributed by atoms with van der Waals surface area (Å²) in [6.07, 6.45) is 1.06. The Hall–Kier alpha value is -1.03. The molecule has 1 aromatic heterocycles. The van der Waals surface area contributed by atoms with E-state index in [2.05, 4.69) is 40.1 Å². The van der Waals surface area contributed by atoms with Gasteiger partial charge in [0.05, 0.1) is 0 Å². The predicted molar refractivity (Wildman–Crippen MR) is 63.1 cm³/mol. The molecule has 0 fully saturated rings. The first-order valence-corrected chi connectivity index (χ1v) is 5.71. The summed E-state index contributed by atoms with van der Waals surface area (Å²) in [4.78, 5) is 5.50. The lowest BCUT2D eigenvalue weighted by molar-refractivity contribution is 0.816. The Kier molecular flexibility index (Phi) is 5.07. The summed E-state index contributed by atoms with van der Waals surface area (Å²) in [7, 11) is 1.79. The van der Waals surface area contributed by atoms with Crippen molar-refractivity contribution in [3.8, 4) is 0 Å². The van der Waals surface area contributed by atoms with E-state index in [9.17, 15) is 0 Å². The summed E-state index contributed by atoms with van der Waals surface area (Å²) >= 11 is 1.80. The molecule has 3 nitrogen and oxygen atoms in total. The van der Waals surface area contributed by atoms with E-state index in [1.807, 2.05) is 0 Å². The van der Waals surface area contributed by atoms with Gasteiger partial charge in [-0.15, -0.1) is 11.3 Å². The Labute approximate surface area is 89.3 Å². The molecule has 0 unspecified atom stereocenters. The highest BCUT2D eigenvalue weighted by Crippen LogP contribution is 2.07. The third kappa shape index (κ3) is 3.79. The van der Waals surface area contributed by atoms with Crippen LogP contribution < -0.4 is 10.6 Å². The molecule has 0 saturated heterocycles. The topological polar surface area (TPSA) is 36.4 Å². The highest BCUT2D eigenvalue weighted by molar-refractivity contribution is 7.09. The molecule has 2 N–H and O–H groups in total. The van der Waals surface area contributed by atoms with Crippen LogP contribution in [0.15, 0.2) is 22.5 Å². The average Bonchev–Trinajstić information content (AvgIpc) is 2.69. The molecule has 0 aliphatic carbocycles. The number of guanidine groups is 1. The van der Waals surface area contributed by atoms with Crippen molar-refractivity contribution in [1.82, 2.24) is 10.6 Å². The monoisotopic (exact) mass is 211 g/mol. The minimum Gasteiger partial charge on any atom is -0.357 e. The smallest absolute Gasteiger partial charge is 0.190 e. The molecule has 4 heteroatoms. The first-order valence-electron chi connectivity index (χ1n) is 4.83. The molecule has 0 atom stereocenters. The largest absolute Gasteiger partial charge is 0.357 e. The van der Waals surface area contributed by atoms with Crippen LogP contribution in [0, 0.1) is 0 Å². The first-order chi connectivity index (χ1) is 6.86. The van der Waals surface area contributed by atoms with Crippen molar-refractivity contribution in [3.63, 3.8) is 0 Å². The lowest BCUT2D eigenvalue weighted by Crippen LogP contribution is -2.37. The molecule has 1 aromatic rings. The van der Waals surface area contributed by atoms with Gasteiger partial charge in [0.15, 0.2) is 5.96 Å². The quantitative estimate of drug-likeness (QED) is 0.584. The van der Waals surface area contributed by atoms with E-state index in [0.717, 1.165) is 25.5 Å². The second-order valence-corrected chi connectivity index (χ2v) is 3.89. The van der Waals surface area contributed by atoms with E-state index in [4.69, 9.17) is 0 Å². The number of hydrogen-bond acceptors (Lipinski definition) is 2. The van der Waals surface area contributed by atoms with Crippen molar-refractivity contribution in [1.29, 1.82) is 0 Å². The van der Waals surface area contributed by atoms with Crippen molar-refractivity contribution < 1.29 is 0 Å². The maximum absolute atomic E-state index is 4.09. The van der Waals surface area contributed by atoms with Crippen molar-refractivity contribution in [3.05, 3.63) is 22.4 Å². The minimum absolute atomic E-state index is 0.879. The maximum atomic E-state index is 4.09. The molecule has 0 radical (unpaired) electrons. The van der Waals surface area contributed by atoms with E-state index in [0.29, 0.717) is 0 Å². The van der Waals surface area contributed by atoms with Gasteiger partial charge in [0.1, 0.15) is 0 Å². The molecule has 78 valence electrons. The van der Waals surface area contributed by atoms with Crippen LogP contribution in [-0.4, -0.2) is 26.1 Å². The molecule has 0 aliphatic heterocycles. The Morgan fingerprint density at radius 1 is 1.50 bits per heavy atom. The molecular weight excluding hydrogens is 194 g/mol. The number of rotatable bonds is 4. The molecule has 0 aromatic carbocycles. The normalized spacial score (nSPS) is 11.4. The summed E-state index contributed by atoms with van der Waals surface area (Å²) in [5.74, 6) is 0.879. The second kappa shape index (κ2) is 6.43. The summed E-state index contributed by atoms with van der Waals surface area (Å²) < 4.78 is 0. The molecule has 1 heterocycles. The van der Waals surface area contributed by atoms with Gasteiger partial charge < -0.3 is 10.6 Å². The summed E-state index contributed by atoms with van der Waals surface area (Å²) in [5, 5.41) is 8.51. The minimum atomic E-state index is 0.879. The second-order valence-electron chi connectivity index (χ2n) is 2.86. The molecule has 0 aliphatic rings. The van der Waals surface area contributed by atoms with Crippen LogP contribution in [-0.2, 0) is 6.42 Å². The Balaban J connectivity index is 2.20. The fourth-order valence-electron chi connectivity index (χ4n) is 1.15. The predicted octanol–water partition coefficient (Wildman–Crippen LogP) is 1.48.